The maximum Gasteiger partial charge on any atom is 0.100 e. The first-order valence-electron chi connectivity index (χ1n) is 4.73. The monoisotopic (exact) mass is 162 g/mol. The van der Waals surface area contributed by atoms with E-state index in [9.17, 15) is 4.39 Å². The number of halogens is 1. The minimum Gasteiger partial charge on any atom is -0.247 e. The molecule has 0 aromatic carbocycles. The lowest BCUT2D eigenvalue weighted by atomic mass is 9.90. The summed E-state index contributed by atoms with van der Waals surface area (Å²) in [7, 11) is 0. The molecule has 0 spiro atoms. The molecule has 70 valence electrons. The van der Waals surface area contributed by atoms with Gasteiger partial charge in [0.25, 0.3) is 0 Å². The summed E-state index contributed by atoms with van der Waals surface area (Å²) >= 11 is 0. The molecule has 0 aliphatic rings. The smallest absolute Gasteiger partial charge is 0.100 e. The first-order chi connectivity index (χ1) is 5.09. The van der Waals surface area contributed by atoms with Crippen LogP contribution in [0, 0.1) is 11.8 Å². The van der Waals surface area contributed by atoms with Gasteiger partial charge in [-0.3, -0.25) is 0 Å². The van der Waals surface area contributed by atoms with Gasteiger partial charge in [-0.1, -0.05) is 41.0 Å². The van der Waals surface area contributed by atoms with E-state index in [1.54, 1.807) is 6.92 Å². The first kappa shape index (κ1) is 13.5. The summed E-state index contributed by atoms with van der Waals surface area (Å²) < 4.78 is 12.5. The van der Waals surface area contributed by atoms with E-state index in [-0.39, 0.29) is 5.92 Å². The Bertz CT molecular complexity index is 69.3. The molecule has 0 heterocycles. The average molecular weight is 162 g/mol. The van der Waals surface area contributed by atoms with E-state index in [1.165, 1.54) is 0 Å². The van der Waals surface area contributed by atoms with Crippen LogP contribution >= 0.6 is 0 Å². The lowest BCUT2D eigenvalue weighted by Gasteiger charge is -2.18. The van der Waals surface area contributed by atoms with E-state index in [1.807, 2.05) is 20.8 Å². The second kappa shape index (κ2) is 8.03. The molecule has 0 aliphatic carbocycles. The summed E-state index contributed by atoms with van der Waals surface area (Å²) in [5.41, 5.74) is 0. The molecular formula is C10H23F. The molecule has 0 saturated carbocycles. The average Bonchev–Trinajstić information content (AvgIpc) is 2.05. The van der Waals surface area contributed by atoms with E-state index in [2.05, 4.69) is 13.8 Å². The van der Waals surface area contributed by atoms with Gasteiger partial charge in [-0.15, -0.1) is 0 Å². The van der Waals surface area contributed by atoms with Crippen LogP contribution in [0.3, 0.4) is 0 Å². The zero-order valence-corrected chi connectivity index (χ0v) is 8.82. The molecule has 0 nitrogen and oxygen atoms in total. The van der Waals surface area contributed by atoms with Crippen LogP contribution in [0.15, 0.2) is 0 Å². The topological polar surface area (TPSA) is 0 Å². The van der Waals surface area contributed by atoms with Crippen LogP contribution in [0.25, 0.3) is 0 Å². The molecule has 0 amide bonds. The van der Waals surface area contributed by atoms with Gasteiger partial charge in [-0.05, 0) is 18.8 Å². The minimum atomic E-state index is -0.653. The van der Waals surface area contributed by atoms with Gasteiger partial charge in [0.2, 0.25) is 0 Å². The van der Waals surface area contributed by atoms with E-state index < -0.39 is 6.17 Å². The van der Waals surface area contributed by atoms with Crippen molar-refractivity contribution in [3.05, 3.63) is 0 Å². The molecule has 0 saturated heterocycles. The van der Waals surface area contributed by atoms with Gasteiger partial charge >= 0.3 is 0 Å². The van der Waals surface area contributed by atoms with Gasteiger partial charge < -0.3 is 0 Å². The van der Waals surface area contributed by atoms with Gasteiger partial charge in [0.05, 0.1) is 0 Å². The van der Waals surface area contributed by atoms with Crippen molar-refractivity contribution in [3.63, 3.8) is 0 Å². The van der Waals surface area contributed by atoms with E-state index in [0.717, 1.165) is 6.42 Å². The fourth-order valence-corrected chi connectivity index (χ4v) is 0.824. The second-order valence-corrected chi connectivity index (χ2v) is 2.92. The van der Waals surface area contributed by atoms with Crippen molar-refractivity contribution in [2.24, 2.45) is 11.8 Å². The highest BCUT2D eigenvalue weighted by atomic mass is 19.1. The van der Waals surface area contributed by atoms with Crippen molar-refractivity contribution in [1.29, 1.82) is 0 Å². The zero-order chi connectivity index (χ0) is 9.44. The van der Waals surface area contributed by atoms with Crippen molar-refractivity contribution < 1.29 is 4.39 Å². The van der Waals surface area contributed by atoms with Gasteiger partial charge in [0.15, 0.2) is 0 Å². The standard InChI is InChI=1S/C8H17F.C2H6/c1-5-6(2)7(3)8(4)9;1-2/h6-8H,5H2,1-4H3;1-2H3. The van der Waals surface area contributed by atoms with Crippen molar-refractivity contribution >= 4 is 0 Å². The highest BCUT2D eigenvalue weighted by Gasteiger charge is 2.15. The van der Waals surface area contributed by atoms with Crippen molar-refractivity contribution in [2.45, 2.75) is 54.1 Å². The van der Waals surface area contributed by atoms with Crippen LogP contribution in [0.1, 0.15) is 48.0 Å². The fourth-order valence-electron chi connectivity index (χ4n) is 0.824. The quantitative estimate of drug-likeness (QED) is 0.587. The predicted octanol–water partition coefficient (Wildman–Crippen LogP) is 4.05. The number of hydrogen-bond donors (Lipinski definition) is 0. The molecule has 0 aromatic heterocycles. The Labute approximate surface area is 71.2 Å². The second-order valence-electron chi connectivity index (χ2n) is 2.92. The van der Waals surface area contributed by atoms with Crippen LogP contribution in [-0.4, -0.2) is 6.17 Å². The van der Waals surface area contributed by atoms with E-state index in [0.29, 0.717) is 5.92 Å². The molecule has 0 fully saturated rings. The van der Waals surface area contributed by atoms with Gasteiger partial charge in [-0.2, -0.15) is 0 Å². The Morgan fingerprint density at radius 3 is 1.55 bits per heavy atom. The number of hydrogen-bond acceptors (Lipinski definition) is 0. The summed E-state index contributed by atoms with van der Waals surface area (Å²) in [4.78, 5) is 0. The molecule has 3 atom stereocenters. The van der Waals surface area contributed by atoms with Crippen LogP contribution in [0.2, 0.25) is 0 Å². The highest BCUT2D eigenvalue weighted by molar-refractivity contribution is 4.64. The SMILES string of the molecule is CC.CCC(C)C(C)C(C)F. The third-order valence-corrected chi connectivity index (χ3v) is 2.27. The molecule has 0 aliphatic heterocycles. The third kappa shape index (κ3) is 6.33. The predicted molar refractivity (Wildman–Crippen MR) is 50.5 cm³/mol. The number of rotatable bonds is 3. The maximum absolute atomic E-state index is 12.5. The maximum atomic E-state index is 12.5. The van der Waals surface area contributed by atoms with Crippen LogP contribution in [-0.2, 0) is 0 Å². The van der Waals surface area contributed by atoms with Crippen LogP contribution in [0.5, 0.6) is 0 Å². The summed E-state index contributed by atoms with van der Waals surface area (Å²) in [6.45, 7) is 11.8. The largest absolute Gasteiger partial charge is 0.247 e. The summed E-state index contributed by atoms with van der Waals surface area (Å²) in [6.07, 6.45) is 0.426. The summed E-state index contributed by atoms with van der Waals surface area (Å²) in [5.74, 6) is 0.736. The third-order valence-electron chi connectivity index (χ3n) is 2.27. The van der Waals surface area contributed by atoms with Gasteiger partial charge in [0, 0.05) is 0 Å². The minimum absolute atomic E-state index is 0.218. The Kier molecular flexibility index (Phi) is 9.87. The van der Waals surface area contributed by atoms with E-state index >= 15 is 0 Å². The summed E-state index contributed by atoms with van der Waals surface area (Å²) in [5, 5.41) is 0. The Morgan fingerprint density at radius 1 is 1.09 bits per heavy atom. The van der Waals surface area contributed by atoms with E-state index in [4.69, 9.17) is 0 Å². The molecule has 0 rings (SSSR count). The Hall–Kier alpha value is -0.0700. The molecule has 0 N–H and O–H groups in total. The molecule has 1 heteroatoms. The van der Waals surface area contributed by atoms with Crippen molar-refractivity contribution in [1.82, 2.24) is 0 Å². The first-order valence-corrected chi connectivity index (χ1v) is 4.73. The highest BCUT2D eigenvalue weighted by Crippen LogP contribution is 2.19. The fraction of sp³-hybridized carbons (Fsp3) is 1.00. The van der Waals surface area contributed by atoms with Crippen molar-refractivity contribution in [3.8, 4) is 0 Å². The Morgan fingerprint density at radius 2 is 1.45 bits per heavy atom. The Balaban J connectivity index is 0. The van der Waals surface area contributed by atoms with Crippen LogP contribution < -0.4 is 0 Å². The number of alkyl halides is 1. The molecule has 11 heavy (non-hydrogen) atoms. The van der Waals surface area contributed by atoms with Crippen LogP contribution in [0.4, 0.5) is 4.39 Å². The van der Waals surface area contributed by atoms with Gasteiger partial charge in [0.1, 0.15) is 6.17 Å². The van der Waals surface area contributed by atoms with Crippen molar-refractivity contribution in [2.75, 3.05) is 0 Å². The molecular weight excluding hydrogens is 139 g/mol. The molecule has 0 aromatic rings. The van der Waals surface area contributed by atoms with Gasteiger partial charge in [-0.25, -0.2) is 4.39 Å². The zero-order valence-electron chi connectivity index (χ0n) is 8.82. The lowest BCUT2D eigenvalue weighted by Crippen LogP contribution is -2.16. The summed E-state index contributed by atoms with van der Waals surface area (Å²) in [6, 6.07) is 0. The molecule has 0 bridgehead atoms. The molecule has 0 radical (unpaired) electrons. The normalized spacial score (nSPS) is 17.7. The lowest BCUT2D eigenvalue weighted by molar-refractivity contribution is 0.202. The molecule has 3 unspecified atom stereocenters.